The molecule has 2 amide bonds. The first-order chi connectivity index (χ1) is 14.4. The van der Waals surface area contributed by atoms with Crippen molar-refractivity contribution in [3.63, 3.8) is 0 Å². The number of nitriles is 1. The molecule has 0 saturated carbocycles. The van der Waals surface area contributed by atoms with Crippen molar-refractivity contribution in [3.8, 4) is 6.07 Å². The third kappa shape index (κ3) is 2.84. The molecular weight excluding hydrogens is 382 g/mol. The summed E-state index contributed by atoms with van der Waals surface area (Å²) in [5.41, 5.74) is 0.572. The Morgan fingerprint density at radius 2 is 1.87 bits per heavy atom. The minimum Gasteiger partial charge on any atom is -0.458 e. The summed E-state index contributed by atoms with van der Waals surface area (Å²) in [6.45, 7) is 3.63. The molecule has 1 atom stereocenters. The topological polar surface area (TPSA) is 90.7 Å². The van der Waals surface area contributed by atoms with E-state index in [1.54, 1.807) is 48.5 Å². The lowest BCUT2D eigenvalue weighted by molar-refractivity contribution is -0.159. The second-order valence-corrected chi connectivity index (χ2v) is 7.72. The summed E-state index contributed by atoms with van der Waals surface area (Å²) in [6, 6.07) is 15.3. The van der Waals surface area contributed by atoms with Crippen LogP contribution in [0.2, 0.25) is 0 Å². The molecule has 0 radical (unpaired) electrons. The minimum absolute atomic E-state index is 0.0178. The maximum absolute atomic E-state index is 13.5. The maximum Gasteiger partial charge on any atom is 0.354 e. The lowest BCUT2D eigenvalue weighted by atomic mass is 9.95. The molecule has 7 nitrogen and oxygen atoms in total. The number of amides is 2. The Balaban J connectivity index is 1.72. The Bertz CT molecular complexity index is 1070. The van der Waals surface area contributed by atoms with Gasteiger partial charge in [0.1, 0.15) is 6.61 Å². The molecule has 2 heterocycles. The molecule has 0 bridgehead atoms. The van der Waals surface area contributed by atoms with Crippen LogP contribution in [0.3, 0.4) is 0 Å². The van der Waals surface area contributed by atoms with Gasteiger partial charge < -0.3 is 9.64 Å². The number of carbonyl (C=O) groups is 3. The van der Waals surface area contributed by atoms with Gasteiger partial charge in [0.25, 0.3) is 5.91 Å². The number of para-hydroxylation sites is 1. The number of ether oxygens (including phenoxy) is 1. The average molecular weight is 403 g/mol. The molecule has 0 aromatic heterocycles. The lowest BCUT2D eigenvalue weighted by Gasteiger charge is -2.50. The number of hydrogen-bond acceptors (Lipinski definition) is 5. The van der Waals surface area contributed by atoms with E-state index in [0.717, 1.165) is 0 Å². The van der Waals surface area contributed by atoms with Crippen molar-refractivity contribution in [1.82, 2.24) is 4.90 Å². The Hall–Kier alpha value is -3.66. The van der Waals surface area contributed by atoms with Crippen LogP contribution in [-0.2, 0) is 20.9 Å². The SMILES string of the molecule is CC(C)N1C(=O)c2ccccc2N2C(=O)CC[C@@]21C(=O)OCc1ccc(C#N)cc1. The lowest BCUT2D eigenvalue weighted by Crippen LogP contribution is -2.70. The van der Waals surface area contributed by atoms with Crippen LogP contribution in [0.15, 0.2) is 48.5 Å². The molecule has 2 aromatic rings. The molecule has 0 unspecified atom stereocenters. The molecule has 1 fully saturated rings. The van der Waals surface area contributed by atoms with Crippen molar-refractivity contribution in [2.24, 2.45) is 0 Å². The summed E-state index contributed by atoms with van der Waals surface area (Å²) >= 11 is 0. The molecule has 30 heavy (non-hydrogen) atoms. The van der Waals surface area contributed by atoms with Crippen LogP contribution in [0.1, 0.15) is 48.2 Å². The molecular formula is C23H21N3O4. The first kappa shape index (κ1) is 19.6. The monoisotopic (exact) mass is 403 g/mol. The van der Waals surface area contributed by atoms with Crippen LogP contribution in [0, 0.1) is 11.3 Å². The van der Waals surface area contributed by atoms with Gasteiger partial charge in [-0.1, -0.05) is 24.3 Å². The van der Waals surface area contributed by atoms with E-state index >= 15 is 0 Å². The summed E-state index contributed by atoms with van der Waals surface area (Å²) in [5.74, 6) is -1.13. The second kappa shape index (κ2) is 7.30. The van der Waals surface area contributed by atoms with Gasteiger partial charge in [-0.15, -0.1) is 0 Å². The highest BCUT2D eigenvalue weighted by Crippen LogP contribution is 2.46. The van der Waals surface area contributed by atoms with E-state index in [1.165, 1.54) is 9.80 Å². The summed E-state index contributed by atoms with van der Waals surface area (Å²) in [4.78, 5) is 42.5. The summed E-state index contributed by atoms with van der Waals surface area (Å²) in [7, 11) is 0. The van der Waals surface area contributed by atoms with Crippen molar-refractivity contribution in [1.29, 1.82) is 5.26 Å². The normalized spacial score (nSPS) is 20.1. The van der Waals surface area contributed by atoms with Crippen LogP contribution < -0.4 is 4.90 Å². The third-order valence-corrected chi connectivity index (χ3v) is 5.60. The fourth-order valence-corrected chi connectivity index (χ4v) is 4.31. The van der Waals surface area contributed by atoms with Gasteiger partial charge in [-0.05, 0) is 43.7 Å². The number of esters is 1. The Labute approximate surface area is 174 Å². The van der Waals surface area contributed by atoms with Gasteiger partial charge in [0.15, 0.2) is 0 Å². The van der Waals surface area contributed by atoms with Gasteiger partial charge in [0, 0.05) is 18.9 Å². The van der Waals surface area contributed by atoms with Crippen LogP contribution in [0.5, 0.6) is 0 Å². The standard InChI is InChI=1S/C23H21N3O4/c1-15(2)25-21(28)18-5-3-4-6-19(18)26-20(27)11-12-23(25,26)22(29)30-14-17-9-7-16(13-24)8-10-17/h3-10,15H,11-12,14H2,1-2H3/t23-/m0/s1. The molecule has 2 aliphatic rings. The summed E-state index contributed by atoms with van der Waals surface area (Å²) in [6.07, 6.45) is 0.326. The highest BCUT2D eigenvalue weighted by molar-refractivity contribution is 6.15. The number of anilines is 1. The second-order valence-electron chi connectivity index (χ2n) is 7.72. The zero-order chi connectivity index (χ0) is 21.5. The van der Waals surface area contributed by atoms with E-state index < -0.39 is 11.6 Å². The molecule has 2 aliphatic heterocycles. The van der Waals surface area contributed by atoms with Crippen molar-refractivity contribution < 1.29 is 19.1 Å². The quantitative estimate of drug-likeness (QED) is 0.732. The molecule has 0 spiro atoms. The van der Waals surface area contributed by atoms with Gasteiger partial charge in [-0.2, -0.15) is 5.26 Å². The number of hydrogen-bond donors (Lipinski definition) is 0. The Morgan fingerprint density at radius 3 is 2.53 bits per heavy atom. The van der Waals surface area contributed by atoms with Crippen LogP contribution in [0.4, 0.5) is 5.69 Å². The van der Waals surface area contributed by atoms with Gasteiger partial charge >= 0.3 is 5.97 Å². The summed E-state index contributed by atoms with van der Waals surface area (Å²) < 4.78 is 5.63. The number of carbonyl (C=O) groups excluding carboxylic acids is 3. The van der Waals surface area contributed by atoms with Crippen molar-refractivity contribution in [2.75, 3.05) is 4.90 Å². The van der Waals surface area contributed by atoms with Crippen LogP contribution >= 0.6 is 0 Å². The molecule has 4 rings (SSSR count). The van der Waals surface area contributed by atoms with Crippen molar-refractivity contribution >= 4 is 23.5 Å². The molecule has 1 saturated heterocycles. The van der Waals surface area contributed by atoms with E-state index in [4.69, 9.17) is 10.00 Å². The largest absolute Gasteiger partial charge is 0.458 e. The fraction of sp³-hybridized carbons (Fsp3) is 0.304. The number of benzene rings is 2. The van der Waals surface area contributed by atoms with Gasteiger partial charge in [-0.25, -0.2) is 4.79 Å². The molecule has 152 valence electrons. The van der Waals surface area contributed by atoms with Crippen LogP contribution in [-0.4, -0.2) is 34.4 Å². The molecule has 0 aliphatic carbocycles. The predicted octanol–water partition coefficient (Wildman–Crippen LogP) is 2.99. The van der Waals surface area contributed by atoms with Crippen molar-refractivity contribution in [3.05, 3.63) is 65.2 Å². The number of nitrogens with zero attached hydrogens (tertiary/aromatic N) is 3. The zero-order valence-corrected chi connectivity index (χ0v) is 16.8. The predicted molar refractivity (Wildman–Crippen MR) is 108 cm³/mol. The highest BCUT2D eigenvalue weighted by Gasteiger charge is 2.62. The number of fused-ring (bicyclic) bond motifs is 3. The molecule has 7 heteroatoms. The first-order valence-corrected chi connectivity index (χ1v) is 9.82. The fourth-order valence-electron chi connectivity index (χ4n) is 4.31. The highest BCUT2D eigenvalue weighted by atomic mass is 16.5. The zero-order valence-electron chi connectivity index (χ0n) is 16.8. The maximum atomic E-state index is 13.5. The Kier molecular flexibility index (Phi) is 4.78. The summed E-state index contributed by atoms with van der Waals surface area (Å²) in [5, 5.41) is 8.92. The molecule has 2 aromatic carbocycles. The van der Waals surface area contributed by atoms with Crippen molar-refractivity contribution in [2.45, 2.75) is 45.0 Å². The van der Waals surface area contributed by atoms with Crippen LogP contribution in [0.25, 0.3) is 0 Å². The van der Waals surface area contributed by atoms with E-state index in [9.17, 15) is 14.4 Å². The average Bonchev–Trinajstić information content (AvgIpc) is 3.10. The minimum atomic E-state index is -1.50. The molecule has 0 N–H and O–H groups in total. The third-order valence-electron chi connectivity index (χ3n) is 5.60. The number of rotatable bonds is 4. The van der Waals surface area contributed by atoms with E-state index in [1.807, 2.05) is 19.9 Å². The van der Waals surface area contributed by atoms with E-state index in [0.29, 0.717) is 22.4 Å². The van der Waals surface area contributed by atoms with Gasteiger partial charge in [0.05, 0.1) is 22.9 Å². The Morgan fingerprint density at radius 1 is 1.17 bits per heavy atom. The van der Waals surface area contributed by atoms with E-state index in [-0.39, 0.29) is 37.3 Å². The first-order valence-electron chi connectivity index (χ1n) is 9.82. The van der Waals surface area contributed by atoms with Gasteiger partial charge in [-0.3, -0.25) is 14.5 Å². The smallest absolute Gasteiger partial charge is 0.354 e. The van der Waals surface area contributed by atoms with E-state index in [2.05, 4.69) is 0 Å². The van der Waals surface area contributed by atoms with Gasteiger partial charge in [0.2, 0.25) is 11.6 Å².